The van der Waals surface area contributed by atoms with Crippen molar-refractivity contribution >= 4 is 5.91 Å². The Morgan fingerprint density at radius 2 is 2.41 bits per heavy atom. The molecule has 1 saturated heterocycles. The Kier molecular flexibility index (Phi) is 3.84. The highest BCUT2D eigenvalue weighted by Crippen LogP contribution is 2.10. The lowest BCUT2D eigenvalue weighted by molar-refractivity contribution is -0.132. The number of nitrogens with zero attached hydrogens (tertiary/aromatic N) is 1. The number of aryl methyl sites for hydroxylation is 2. The summed E-state index contributed by atoms with van der Waals surface area (Å²) in [6, 6.07) is 4.29. The first kappa shape index (κ1) is 12.2. The molecule has 1 aliphatic rings. The molecule has 1 fully saturated rings. The zero-order chi connectivity index (χ0) is 12.3. The van der Waals surface area contributed by atoms with Gasteiger partial charge >= 0.3 is 0 Å². The highest BCUT2D eigenvalue weighted by atomic mass is 16.3. The van der Waals surface area contributed by atoms with Gasteiger partial charge in [0, 0.05) is 38.5 Å². The molecule has 0 aromatic carbocycles. The first-order valence-electron chi connectivity index (χ1n) is 6.21. The van der Waals surface area contributed by atoms with E-state index in [1.165, 1.54) is 0 Å². The fraction of sp³-hybridized carbons (Fsp3) is 0.615. The summed E-state index contributed by atoms with van der Waals surface area (Å²) in [5.74, 6) is 2.04. The van der Waals surface area contributed by atoms with E-state index >= 15 is 0 Å². The summed E-state index contributed by atoms with van der Waals surface area (Å²) >= 11 is 0. The Labute approximate surface area is 102 Å². The van der Waals surface area contributed by atoms with Gasteiger partial charge in [0.15, 0.2) is 0 Å². The van der Waals surface area contributed by atoms with Crippen molar-refractivity contribution in [1.82, 2.24) is 10.2 Å². The fourth-order valence-corrected chi connectivity index (χ4v) is 2.17. The zero-order valence-electron chi connectivity index (χ0n) is 10.5. The standard InChI is InChI=1S/C13H20N2O2/c1-10-9-15(8-7-14-10)13(16)6-5-12-4-3-11(2)17-12/h3-4,10,14H,5-9H2,1-2H3. The number of furan rings is 1. The van der Waals surface area contributed by atoms with Gasteiger partial charge in [-0.3, -0.25) is 4.79 Å². The summed E-state index contributed by atoms with van der Waals surface area (Å²) in [4.78, 5) is 13.9. The van der Waals surface area contributed by atoms with Crippen LogP contribution in [0.2, 0.25) is 0 Å². The molecule has 1 atom stereocenters. The third kappa shape index (κ3) is 3.33. The van der Waals surface area contributed by atoms with E-state index in [4.69, 9.17) is 4.42 Å². The third-order valence-electron chi connectivity index (χ3n) is 3.10. The van der Waals surface area contributed by atoms with E-state index in [1.54, 1.807) is 0 Å². The normalized spacial score (nSPS) is 20.6. The minimum atomic E-state index is 0.229. The van der Waals surface area contributed by atoms with Gasteiger partial charge in [0.05, 0.1) is 0 Å². The van der Waals surface area contributed by atoms with Crippen LogP contribution in [-0.2, 0) is 11.2 Å². The van der Waals surface area contributed by atoms with Crippen LogP contribution in [0.15, 0.2) is 16.5 Å². The van der Waals surface area contributed by atoms with Gasteiger partial charge in [-0.25, -0.2) is 0 Å². The van der Waals surface area contributed by atoms with E-state index in [0.29, 0.717) is 18.9 Å². The van der Waals surface area contributed by atoms with Crippen molar-refractivity contribution in [3.63, 3.8) is 0 Å². The molecule has 1 N–H and O–H groups in total. The minimum Gasteiger partial charge on any atom is -0.466 e. The maximum Gasteiger partial charge on any atom is 0.223 e. The second-order valence-electron chi connectivity index (χ2n) is 4.71. The summed E-state index contributed by atoms with van der Waals surface area (Å²) in [7, 11) is 0. The molecule has 4 nitrogen and oxygen atoms in total. The predicted molar refractivity (Wildman–Crippen MR) is 65.8 cm³/mol. The first-order chi connectivity index (χ1) is 8.15. The Hall–Kier alpha value is -1.29. The molecule has 0 spiro atoms. The summed E-state index contributed by atoms with van der Waals surface area (Å²) in [6.45, 7) is 6.56. The molecular formula is C13H20N2O2. The fourth-order valence-electron chi connectivity index (χ4n) is 2.17. The molecule has 0 radical (unpaired) electrons. The maximum absolute atomic E-state index is 12.0. The number of rotatable bonds is 3. The number of nitrogens with one attached hydrogen (secondary N) is 1. The average Bonchev–Trinajstić information content (AvgIpc) is 2.72. The van der Waals surface area contributed by atoms with Crippen molar-refractivity contribution in [2.45, 2.75) is 32.7 Å². The molecule has 1 amide bonds. The third-order valence-corrected chi connectivity index (χ3v) is 3.10. The predicted octanol–water partition coefficient (Wildman–Crippen LogP) is 1.34. The van der Waals surface area contributed by atoms with Crippen LogP contribution in [0.5, 0.6) is 0 Å². The largest absolute Gasteiger partial charge is 0.466 e. The van der Waals surface area contributed by atoms with E-state index in [-0.39, 0.29) is 5.91 Å². The van der Waals surface area contributed by atoms with Crippen LogP contribution in [0.4, 0.5) is 0 Å². The van der Waals surface area contributed by atoms with Crippen LogP contribution in [0.25, 0.3) is 0 Å². The van der Waals surface area contributed by atoms with Gasteiger partial charge < -0.3 is 14.6 Å². The number of amides is 1. The summed E-state index contributed by atoms with van der Waals surface area (Å²) < 4.78 is 5.46. The van der Waals surface area contributed by atoms with Crippen LogP contribution < -0.4 is 5.32 Å². The summed E-state index contributed by atoms with van der Waals surface area (Å²) in [5, 5.41) is 3.33. The second kappa shape index (κ2) is 5.36. The van der Waals surface area contributed by atoms with Crippen LogP contribution in [0, 0.1) is 6.92 Å². The molecule has 2 rings (SSSR count). The van der Waals surface area contributed by atoms with Gasteiger partial charge in [0.25, 0.3) is 0 Å². The topological polar surface area (TPSA) is 45.5 Å². The molecule has 17 heavy (non-hydrogen) atoms. The Bertz CT molecular complexity index is 387. The van der Waals surface area contributed by atoms with E-state index in [9.17, 15) is 4.79 Å². The van der Waals surface area contributed by atoms with Gasteiger partial charge in [-0.05, 0) is 26.0 Å². The molecule has 1 aliphatic heterocycles. The first-order valence-corrected chi connectivity index (χ1v) is 6.21. The molecule has 1 aromatic heterocycles. The molecule has 2 heterocycles. The lowest BCUT2D eigenvalue weighted by atomic mass is 10.2. The number of piperazine rings is 1. The monoisotopic (exact) mass is 236 g/mol. The quantitative estimate of drug-likeness (QED) is 0.861. The van der Waals surface area contributed by atoms with Gasteiger partial charge in [0.1, 0.15) is 11.5 Å². The maximum atomic E-state index is 12.0. The average molecular weight is 236 g/mol. The van der Waals surface area contributed by atoms with Gasteiger partial charge in [-0.1, -0.05) is 0 Å². The highest BCUT2D eigenvalue weighted by Gasteiger charge is 2.20. The van der Waals surface area contributed by atoms with E-state index < -0.39 is 0 Å². The lowest BCUT2D eigenvalue weighted by Crippen LogP contribution is -2.51. The van der Waals surface area contributed by atoms with Crippen molar-refractivity contribution < 1.29 is 9.21 Å². The molecule has 1 aromatic rings. The van der Waals surface area contributed by atoms with Crippen molar-refractivity contribution in [2.75, 3.05) is 19.6 Å². The SMILES string of the molecule is Cc1ccc(CCC(=O)N2CCNC(C)C2)o1. The van der Waals surface area contributed by atoms with E-state index in [2.05, 4.69) is 12.2 Å². The van der Waals surface area contributed by atoms with Crippen LogP contribution in [0.1, 0.15) is 24.9 Å². The number of hydrogen-bond acceptors (Lipinski definition) is 3. The molecule has 4 heteroatoms. The van der Waals surface area contributed by atoms with Crippen LogP contribution in [-0.4, -0.2) is 36.5 Å². The van der Waals surface area contributed by atoms with Crippen molar-refractivity contribution in [3.8, 4) is 0 Å². The molecule has 1 unspecified atom stereocenters. The van der Waals surface area contributed by atoms with Crippen molar-refractivity contribution in [3.05, 3.63) is 23.7 Å². The van der Waals surface area contributed by atoms with Gasteiger partial charge in [0.2, 0.25) is 5.91 Å². The Morgan fingerprint density at radius 3 is 3.06 bits per heavy atom. The molecule has 0 aliphatic carbocycles. The zero-order valence-corrected chi connectivity index (χ0v) is 10.5. The van der Waals surface area contributed by atoms with Gasteiger partial charge in [-0.15, -0.1) is 0 Å². The van der Waals surface area contributed by atoms with Crippen molar-refractivity contribution in [2.24, 2.45) is 0 Å². The second-order valence-corrected chi connectivity index (χ2v) is 4.71. The number of carbonyl (C=O) groups excluding carboxylic acids is 1. The Morgan fingerprint density at radius 1 is 1.59 bits per heavy atom. The number of carbonyl (C=O) groups is 1. The molecule has 0 bridgehead atoms. The smallest absolute Gasteiger partial charge is 0.223 e. The summed E-state index contributed by atoms with van der Waals surface area (Å²) in [5.41, 5.74) is 0. The van der Waals surface area contributed by atoms with Gasteiger partial charge in [-0.2, -0.15) is 0 Å². The minimum absolute atomic E-state index is 0.229. The van der Waals surface area contributed by atoms with Crippen LogP contribution in [0.3, 0.4) is 0 Å². The van der Waals surface area contributed by atoms with Crippen LogP contribution >= 0.6 is 0 Å². The molecular weight excluding hydrogens is 216 g/mol. The number of hydrogen-bond donors (Lipinski definition) is 1. The lowest BCUT2D eigenvalue weighted by Gasteiger charge is -2.31. The van der Waals surface area contributed by atoms with Crippen molar-refractivity contribution in [1.29, 1.82) is 0 Å². The summed E-state index contributed by atoms with van der Waals surface area (Å²) in [6.07, 6.45) is 1.24. The molecule has 94 valence electrons. The Balaban J connectivity index is 1.80. The van der Waals surface area contributed by atoms with E-state index in [1.807, 2.05) is 24.0 Å². The highest BCUT2D eigenvalue weighted by molar-refractivity contribution is 5.76. The van der Waals surface area contributed by atoms with E-state index in [0.717, 1.165) is 31.2 Å². The molecule has 0 saturated carbocycles.